The maximum absolute atomic E-state index is 12.8. The number of anilines is 1. The fraction of sp³-hybridized carbons (Fsp3) is 0.625. The minimum atomic E-state index is -0.00190. The third-order valence-electron chi connectivity index (χ3n) is 4.07. The fourth-order valence-electron chi connectivity index (χ4n) is 3.04. The van der Waals surface area contributed by atoms with Crippen molar-refractivity contribution in [1.82, 2.24) is 9.88 Å². The molecule has 0 saturated heterocycles. The summed E-state index contributed by atoms with van der Waals surface area (Å²) >= 11 is 0. The highest BCUT2D eigenvalue weighted by Gasteiger charge is 2.26. The fourth-order valence-corrected chi connectivity index (χ4v) is 3.04. The summed E-state index contributed by atoms with van der Waals surface area (Å²) in [5, 5.41) is 12.3. The summed E-state index contributed by atoms with van der Waals surface area (Å²) in [7, 11) is 1.79. The molecule has 116 valence electrons. The van der Waals surface area contributed by atoms with Crippen molar-refractivity contribution in [3.05, 3.63) is 23.4 Å². The summed E-state index contributed by atoms with van der Waals surface area (Å²) in [6, 6.07) is 3.85. The van der Waals surface area contributed by atoms with Crippen LogP contribution in [0.1, 0.15) is 48.2 Å². The SMILES string of the molecule is CNc1cc(C(=O)N(CCO)C2CCCCC2)cc(C)n1. The van der Waals surface area contributed by atoms with E-state index in [1.54, 1.807) is 13.1 Å². The molecule has 5 heteroatoms. The number of pyridine rings is 1. The minimum Gasteiger partial charge on any atom is -0.395 e. The molecular weight excluding hydrogens is 266 g/mol. The number of nitrogens with zero attached hydrogens (tertiary/aromatic N) is 2. The van der Waals surface area contributed by atoms with Crippen LogP contribution < -0.4 is 5.32 Å². The molecule has 21 heavy (non-hydrogen) atoms. The topological polar surface area (TPSA) is 65.5 Å². The lowest BCUT2D eigenvalue weighted by molar-refractivity contribution is 0.0585. The Kier molecular flexibility index (Phi) is 5.56. The van der Waals surface area contributed by atoms with Gasteiger partial charge in [0.2, 0.25) is 0 Å². The van der Waals surface area contributed by atoms with E-state index in [1.165, 1.54) is 6.42 Å². The molecule has 1 aliphatic carbocycles. The van der Waals surface area contributed by atoms with Gasteiger partial charge in [-0.25, -0.2) is 4.98 Å². The van der Waals surface area contributed by atoms with Crippen LogP contribution in [0.5, 0.6) is 0 Å². The zero-order valence-corrected chi connectivity index (χ0v) is 12.9. The van der Waals surface area contributed by atoms with Crippen molar-refractivity contribution in [2.75, 3.05) is 25.5 Å². The van der Waals surface area contributed by atoms with E-state index in [0.29, 0.717) is 17.9 Å². The zero-order valence-electron chi connectivity index (χ0n) is 12.9. The summed E-state index contributed by atoms with van der Waals surface area (Å²) in [4.78, 5) is 19.0. The Labute approximate surface area is 126 Å². The third kappa shape index (κ3) is 3.94. The minimum absolute atomic E-state index is 0.00190. The number of aryl methyl sites for hydroxylation is 1. The van der Waals surface area contributed by atoms with Crippen LogP contribution in [-0.4, -0.2) is 47.1 Å². The molecule has 2 N–H and O–H groups in total. The van der Waals surface area contributed by atoms with Crippen molar-refractivity contribution in [1.29, 1.82) is 0 Å². The number of hydrogen-bond acceptors (Lipinski definition) is 4. The Balaban J connectivity index is 2.22. The van der Waals surface area contributed by atoms with Crippen LogP contribution >= 0.6 is 0 Å². The number of nitrogens with one attached hydrogen (secondary N) is 1. The smallest absolute Gasteiger partial charge is 0.254 e. The van der Waals surface area contributed by atoms with E-state index in [1.807, 2.05) is 17.9 Å². The van der Waals surface area contributed by atoms with Crippen LogP contribution in [0.15, 0.2) is 12.1 Å². The van der Waals surface area contributed by atoms with Gasteiger partial charge in [0.05, 0.1) is 6.61 Å². The second kappa shape index (κ2) is 7.41. The highest BCUT2D eigenvalue weighted by Crippen LogP contribution is 2.24. The van der Waals surface area contributed by atoms with Crippen LogP contribution in [0.25, 0.3) is 0 Å². The molecule has 1 aliphatic rings. The molecule has 2 rings (SSSR count). The van der Waals surface area contributed by atoms with Gasteiger partial charge in [-0.15, -0.1) is 0 Å². The molecule has 1 saturated carbocycles. The number of carbonyl (C=O) groups excluding carboxylic acids is 1. The van der Waals surface area contributed by atoms with Gasteiger partial charge in [-0.1, -0.05) is 19.3 Å². The molecule has 5 nitrogen and oxygen atoms in total. The summed E-state index contributed by atoms with van der Waals surface area (Å²) in [6.07, 6.45) is 5.65. The van der Waals surface area contributed by atoms with Crippen LogP contribution in [0.2, 0.25) is 0 Å². The van der Waals surface area contributed by atoms with Gasteiger partial charge in [-0.2, -0.15) is 0 Å². The number of rotatable bonds is 5. The van der Waals surface area contributed by atoms with Crippen molar-refractivity contribution in [3.8, 4) is 0 Å². The number of aliphatic hydroxyl groups is 1. The third-order valence-corrected chi connectivity index (χ3v) is 4.07. The van der Waals surface area contributed by atoms with Crippen molar-refractivity contribution in [2.24, 2.45) is 0 Å². The molecule has 1 aromatic heterocycles. The maximum Gasteiger partial charge on any atom is 0.254 e. The summed E-state index contributed by atoms with van der Waals surface area (Å²) in [5.41, 5.74) is 1.46. The van der Waals surface area contributed by atoms with E-state index in [-0.39, 0.29) is 18.6 Å². The Morgan fingerprint density at radius 2 is 2.10 bits per heavy atom. The van der Waals surface area contributed by atoms with Gasteiger partial charge < -0.3 is 15.3 Å². The number of aliphatic hydroxyl groups excluding tert-OH is 1. The molecule has 1 amide bonds. The average molecular weight is 291 g/mol. The first kappa shape index (κ1) is 15.8. The second-order valence-corrected chi connectivity index (χ2v) is 5.65. The molecule has 1 aromatic rings. The van der Waals surface area contributed by atoms with E-state index in [9.17, 15) is 9.90 Å². The second-order valence-electron chi connectivity index (χ2n) is 5.65. The molecule has 0 unspecified atom stereocenters. The van der Waals surface area contributed by atoms with Crippen molar-refractivity contribution in [3.63, 3.8) is 0 Å². The molecule has 0 radical (unpaired) electrons. The van der Waals surface area contributed by atoms with E-state index in [0.717, 1.165) is 31.4 Å². The predicted molar refractivity (Wildman–Crippen MR) is 83.5 cm³/mol. The van der Waals surface area contributed by atoms with Gasteiger partial charge in [0.1, 0.15) is 5.82 Å². The first-order valence-electron chi connectivity index (χ1n) is 7.74. The van der Waals surface area contributed by atoms with Gasteiger partial charge >= 0.3 is 0 Å². The highest BCUT2D eigenvalue weighted by molar-refractivity contribution is 5.95. The number of hydrogen-bond donors (Lipinski definition) is 2. The first-order valence-corrected chi connectivity index (χ1v) is 7.74. The van der Waals surface area contributed by atoms with Gasteiger partial charge in [-0.3, -0.25) is 4.79 Å². The van der Waals surface area contributed by atoms with Gasteiger partial charge in [0.25, 0.3) is 5.91 Å². The summed E-state index contributed by atoms with van der Waals surface area (Å²) in [5.74, 6) is 0.698. The Morgan fingerprint density at radius 1 is 1.38 bits per heavy atom. The predicted octanol–water partition coefficient (Wildman–Crippen LogP) is 2.20. The lowest BCUT2D eigenvalue weighted by Crippen LogP contribution is -2.43. The molecule has 0 atom stereocenters. The molecule has 0 bridgehead atoms. The van der Waals surface area contributed by atoms with Gasteiger partial charge in [0.15, 0.2) is 0 Å². The molecule has 0 aromatic carbocycles. The van der Waals surface area contributed by atoms with E-state index in [2.05, 4.69) is 10.3 Å². The van der Waals surface area contributed by atoms with E-state index < -0.39 is 0 Å². The summed E-state index contributed by atoms with van der Waals surface area (Å²) < 4.78 is 0. The maximum atomic E-state index is 12.8. The molecular formula is C16H25N3O2. The number of aromatic nitrogens is 1. The Morgan fingerprint density at radius 3 is 2.71 bits per heavy atom. The molecule has 0 spiro atoms. The molecule has 1 fully saturated rings. The normalized spacial score (nSPS) is 15.8. The first-order chi connectivity index (χ1) is 10.2. The number of carbonyl (C=O) groups is 1. The largest absolute Gasteiger partial charge is 0.395 e. The zero-order chi connectivity index (χ0) is 15.2. The van der Waals surface area contributed by atoms with Crippen LogP contribution in [-0.2, 0) is 0 Å². The standard InChI is InChI=1S/C16H25N3O2/c1-12-10-13(11-15(17-2)18-12)16(21)19(8-9-20)14-6-4-3-5-7-14/h10-11,14,20H,3-9H2,1-2H3,(H,17,18). The van der Waals surface area contributed by atoms with E-state index in [4.69, 9.17) is 0 Å². The van der Waals surface area contributed by atoms with Crippen molar-refractivity contribution in [2.45, 2.75) is 45.1 Å². The van der Waals surface area contributed by atoms with Crippen LogP contribution in [0, 0.1) is 6.92 Å². The lowest BCUT2D eigenvalue weighted by atomic mass is 9.93. The van der Waals surface area contributed by atoms with Gasteiger partial charge in [-0.05, 0) is 31.9 Å². The van der Waals surface area contributed by atoms with Crippen molar-refractivity contribution < 1.29 is 9.90 Å². The Bertz CT molecular complexity index is 484. The lowest BCUT2D eigenvalue weighted by Gasteiger charge is -2.34. The van der Waals surface area contributed by atoms with E-state index >= 15 is 0 Å². The average Bonchev–Trinajstić information content (AvgIpc) is 2.52. The van der Waals surface area contributed by atoms with Crippen LogP contribution in [0.3, 0.4) is 0 Å². The highest BCUT2D eigenvalue weighted by atomic mass is 16.3. The quantitative estimate of drug-likeness (QED) is 0.873. The molecule has 0 aliphatic heterocycles. The van der Waals surface area contributed by atoms with Crippen LogP contribution in [0.4, 0.5) is 5.82 Å². The van der Waals surface area contributed by atoms with Gasteiger partial charge in [0, 0.05) is 30.9 Å². The summed E-state index contributed by atoms with van der Waals surface area (Å²) in [6.45, 7) is 2.29. The number of amides is 1. The monoisotopic (exact) mass is 291 g/mol. The Hall–Kier alpha value is -1.62. The van der Waals surface area contributed by atoms with Crippen molar-refractivity contribution >= 4 is 11.7 Å². The molecule has 1 heterocycles.